The molecule has 0 saturated heterocycles. The van der Waals surface area contributed by atoms with Crippen LogP contribution in [0.2, 0.25) is 0 Å². The number of nitrogens with one attached hydrogen (secondary N) is 1. The van der Waals surface area contributed by atoms with Gasteiger partial charge in [-0.3, -0.25) is 9.48 Å². The average molecular weight is 533 g/mol. The lowest BCUT2D eigenvalue weighted by atomic mass is 10.2. The van der Waals surface area contributed by atoms with Crippen LogP contribution in [0.25, 0.3) is 27.8 Å². The van der Waals surface area contributed by atoms with Crippen LogP contribution >= 0.6 is 0 Å². The summed E-state index contributed by atoms with van der Waals surface area (Å²) in [6, 6.07) is 4.74. The number of anilines is 2. The van der Waals surface area contributed by atoms with Gasteiger partial charge in [-0.1, -0.05) is 20.8 Å². The van der Waals surface area contributed by atoms with Crippen molar-refractivity contribution in [3.05, 3.63) is 35.9 Å². The molecule has 208 valence electrons. The van der Waals surface area contributed by atoms with Crippen LogP contribution in [0.3, 0.4) is 0 Å². The molecule has 0 atom stereocenters. The molecule has 1 amide bonds. The summed E-state index contributed by atoms with van der Waals surface area (Å²) >= 11 is 0. The van der Waals surface area contributed by atoms with Crippen LogP contribution in [-0.2, 0) is 25.4 Å². The predicted octanol–water partition coefficient (Wildman–Crippen LogP) is 5.61. The molecular weight excluding hydrogens is 492 g/mol. The van der Waals surface area contributed by atoms with Crippen molar-refractivity contribution in [1.29, 1.82) is 0 Å². The Morgan fingerprint density at radius 3 is 2.41 bits per heavy atom. The maximum absolute atomic E-state index is 13.8. The summed E-state index contributed by atoms with van der Waals surface area (Å²) in [5.41, 5.74) is 4.04. The molecule has 4 heterocycles. The van der Waals surface area contributed by atoms with Gasteiger partial charge < -0.3 is 24.1 Å². The molecule has 0 aromatic carbocycles. The van der Waals surface area contributed by atoms with Gasteiger partial charge in [-0.25, -0.2) is 9.97 Å². The van der Waals surface area contributed by atoms with Gasteiger partial charge in [0.25, 0.3) is 5.91 Å². The number of aryl methyl sites for hydroxylation is 3. The third-order valence-corrected chi connectivity index (χ3v) is 7.34. The normalized spacial score (nSPS) is 15.4. The number of hydrogen-bond acceptors (Lipinski definition) is 6. The summed E-state index contributed by atoms with van der Waals surface area (Å²) in [5.74, 6) is 2.16. The minimum absolute atomic E-state index is 0.124. The number of imidazole rings is 1. The van der Waals surface area contributed by atoms with E-state index in [-0.39, 0.29) is 5.91 Å². The number of methoxy groups -OCH3 is 1. The molecule has 0 spiro atoms. The number of rotatable bonds is 9. The van der Waals surface area contributed by atoms with E-state index in [4.69, 9.17) is 9.72 Å². The largest absolute Gasteiger partial charge is 0.495 e. The van der Waals surface area contributed by atoms with E-state index in [0.29, 0.717) is 36.0 Å². The van der Waals surface area contributed by atoms with Crippen molar-refractivity contribution in [2.24, 2.45) is 14.1 Å². The minimum Gasteiger partial charge on any atom is -0.495 e. The van der Waals surface area contributed by atoms with Crippen molar-refractivity contribution in [2.75, 3.05) is 12.4 Å². The van der Waals surface area contributed by atoms with Crippen molar-refractivity contribution >= 4 is 45.4 Å². The molecule has 0 radical (unpaired) electrons. The Morgan fingerprint density at radius 1 is 1.13 bits per heavy atom. The first-order valence-corrected chi connectivity index (χ1v) is 14.2. The second-order valence-corrected chi connectivity index (χ2v) is 10.0. The van der Waals surface area contributed by atoms with Gasteiger partial charge in [-0.05, 0) is 51.2 Å². The number of aromatic nitrogens is 6. The standard InChI is InChI=1S/C27H34N8O2.C2H6/c1-6-8-21(37-5)19-14-22(31-33(19)4)29-25-23-24(32(3)15-28-23)18-13-20(34(7-2)26(18)30-25)27(36)35(16-9-10-16)17-11-12-17;1-2/h8,13-17H,6-7,9-12H2,1-5H3,(H,29,30,31);1-2H3/b21-8-;. The molecule has 0 unspecified atom stereocenters. The highest BCUT2D eigenvalue weighted by Gasteiger charge is 2.43. The maximum atomic E-state index is 13.8. The van der Waals surface area contributed by atoms with Crippen molar-refractivity contribution in [2.45, 2.75) is 78.4 Å². The van der Waals surface area contributed by atoms with E-state index in [9.17, 15) is 4.79 Å². The highest BCUT2D eigenvalue weighted by Crippen LogP contribution is 2.39. The first-order chi connectivity index (χ1) is 18.9. The average Bonchev–Trinajstić information content (AvgIpc) is 3.85. The predicted molar refractivity (Wildman–Crippen MR) is 155 cm³/mol. The number of fused-ring (bicyclic) bond motifs is 3. The highest BCUT2D eigenvalue weighted by atomic mass is 16.5. The number of allylic oxidation sites excluding steroid dienone is 1. The minimum atomic E-state index is 0.124. The zero-order valence-corrected chi connectivity index (χ0v) is 24.2. The Hall–Kier alpha value is -3.82. The van der Waals surface area contributed by atoms with Crippen molar-refractivity contribution in [3.8, 4) is 0 Å². The van der Waals surface area contributed by atoms with Gasteiger partial charge in [0, 0.05) is 44.2 Å². The molecule has 0 bridgehead atoms. The van der Waals surface area contributed by atoms with Crippen molar-refractivity contribution in [3.63, 3.8) is 0 Å². The van der Waals surface area contributed by atoms with Crippen LogP contribution in [0.1, 0.15) is 76.0 Å². The van der Waals surface area contributed by atoms with Crippen LogP contribution in [0, 0.1) is 0 Å². The fourth-order valence-corrected chi connectivity index (χ4v) is 5.32. The molecule has 10 heteroatoms. The zero-order chi connectivity index (χ0) is 27.8. The number of carbonyl (C=O) groups excluding carboxylic acids is 1. The van der Waals surface area contributed by atoms with Crippen molar-refractivity contribution in [1.82, 2.24) is 33.8 Å². The lowest BCUT2D eigenvalue weighted by Crippen LogP contribution is -2.36. The molecule has 2 fully saturated rings. The summed E-state index contributed by atoms with van der Waals surface area (Å²) in [5, 5.41) is 8.98. The van der Waals surface area contributed by atoms with Crippen LogP contribution in [0.15, 0.2) is 24.5 Å². The molecular formula is C29H40N8O2. The van der Waals surface area contributed by atoms with Crippen LogP contribution in [0.5, 0.6) is 0 Å². The zero-order valence-electron chi connectivity index (χ0n) is 24.2. The quantitative estimate of drug-likeness (QED) is 0.282. The van der Waals surface area contributed by atoms with E-state index < -0.39 is 0 Å². The van der Waals surface area contributed by atoms with Gasteiger partial charge in [-0.2, -0.15) is 5.10 Å². The number of hydrogen-bond donors (Lipinski definition) is 1. The molecule has 2 saturated carbocycles. The van der Waals surface area contributed by atoms with Crippen molar-refractivity contribution < 1.29 is 9.53 Å². The van der Waals surface area contributed by atoms with Gasteiger partial charge in [-0.15, -0.1) is 0 Å². The molecule has 4 aromatic heterocycles. The van der Waals surface area contributed by atoms with E-state index in [2.05, 4.69) is 34.1 Å². The molecule has 1 N–H and O–H groups in total. The molecule has 4 aromatic rings. The van der Waals surface area contributed by atoms with Gasteiger partial charge in [0.2, 0.25) is 0 Å². The van der Waals surface area contributed by atoms with E-state index >= 15 is 0 Å². The number of carbonyl (C=O) groups is 1. The second kappa shape index (κ2) is 10.7. The Kier molecular flexibility index (Phi) is 7.38. The summed E-state index contributed by atoms with van der Waals surface area (Å²) in [4.78, 5) is 25.6. The number of nitrogens with zero attached hydrogens (tertiary/aromatic N) is 7. The first-order valence-electron chi connectivity index (χ1n) is 14.2. The lowest BCUT2D eigenvalue weighted by molar-refractivity contribution is 0.0719. The van der Waals surface area contributed by atoms with E-state index in [0.717, 1.165) is 65.6 Å². The molecule has 2 aliphatic carbocycles. The van der Waals surface area contributed by atoms with Gasteiger partial charge >= 0.3 is 0 Å². The van der Waals surface area contributed by atoms with Crippen LogP contribution in [0.4, 0.5) is 11.6 Å². The fourth-order valence-electron chi connectivity index (χ4n) is 5.32. The maximum Gasteiger partial charge on any atom is 0.271 e. The van der Waals surface area contributed by atoms with Crippen LogP contribution < -0.4 is 5.32 Å². The van der Waals surface area contributed by atoms with Gasteiger partial charge in [0.15, 0.2) is 11.6 Å². The summed E-state index contributed by atoms with van der Waals surface area (Å²) in [6.45, 7) is 8.78. The molecule has 6 rings (SSSR count). The van der Waals surface area contributed by atoms with E-state index in [1.54, 1.807) is 18.1 Å². The molecule has 39 heavy (non-hydrogen) atoms. The third-order valence-electron chi connectivity index (χ3n) is 7.34. The Bertz CT molecular complexity index is 1520. The topological polar surface area (TPSA) is 95.0 Å². The van der Waals surface area contributed by atoms with Gasteiger partial charge in [0.1, 0.15) is 28.3 Å². The fraction of sp³-hybridized carbons (Fsp3) is 0.517. The Balaban J connectivity index is 0.00000151. The third kappa shape index (κ3) is 4.77. The molecule has 2 aliphatic rings. The highest BCUT2D eigenvalue weighted by molar-refractivity contribution is 6.10. The lowest BCUT2D eigenvalue weighted by Gasteiger charge is -2.22. The Morgan fingerprint density at radius 2 is 1.82 bits per heavy atom. The van der Waals surface area contributed by atoms with E-state index in [1.165, 1.54) is 0 Å². The summed E-state index contributed by atoms with van der Waals surface area (Å²) in [6.07, 6.45) is 9.11. The molecule has 0 aliphatic heterocycles. The second-order valence-electron chi connectivity index (χ2n) is 10.0. The number of pyridine rings is 1. The monoisotopic (exact) mass is 532 g/mol. The summed E-state index contributed by atoms with van der Waals surface area (Å²) in [7, 11) is 5.53. The van der Waals surface area contributed by atoms with Crippen LogP contribution in [-0.4, -0.2) is 58.9 Å². The molecule has 10 nitrogen and oxygen atoms in total. The number of amides is 1. The Labute approximate surface area is 229 Å². The number of ether oxygens (including phenoxy) is 1. The van der Waals surface area contributed by atoms with E-state index in [1.807, 2.05) is 55.3 Å². The SMILES string of the molecule is CC.CC/C=C(\OC)c1cc(Nc2nc3c(cc(C(=O)N(C4CC4)C4CC4)n3CC)c3c2ncn3C)nn1C. The smallest absolute Gasteiger partial charge is 0.271 e. The van der Waals surface area contributed by atoms with Gasteiger partial charge in [0.05, 0.1) is 19.0 Å². The summed E-state index contributed by atoms with van der Waals surface area (Å²) < 4.78 is 11.4. The first kappa shape index (κ1) is 26.8.